The number of fused-ring (bicyclic) bond motifs is 3. The molecular formula is C17H26O5. The van der Waals surface area contributed by atoms with Crippen LogP contribution >= 0.6 is 0 Å². The van der Waals surface area contributed by atoms with Crippen LogP contribution < -0.4 is 0 Å². The lowest BCUT2D eigenvalue weighted by molar-refractivity contribution is -0.403. The van der Waals surface area contributed by atoms with Crippen molar-refractivity contribution >= 4 is 5.78 Å². The molecule has 1 unspecified atom stereocenters. The van der Waals surface area contributed by atoms with E-state index in [9.17, 15) is 4.79 Å². The van der Waals surface area contributed by atoms with Gasteiger partial charge in [0.05, 0.1) is 5.92 Å². The van der Waals surface area contributed by atoms with Crippen LogP contribution in [0.25, 0.3) is 0 Å². The van der Waals surface area contributed by atoms with E-state index >= 15 is 0 Å². The molecule has 3 saturated heterocycles. The lowest BCUT2D eigenvalue weighted by atomic mass is 9.60. The smallest absolute Gasteiger partial charge is 0.234 e. The largest absolute Gasteiger partial charge is 0.359 e. The highest BCUT2D eigenvalue weighted by atomic mass is 17.3. The third-order valence-electron chi connectivity index (χ3n) is 6.31. The number of Topliss-reactive ketones (excluding diaryl/α,β-unsaturated/α-hetero) is 1. The van der Waals surface area contributed by atoms with Gasteiger partial charge in [0.1, 0.15) is 17.5 Å². The van der Waals surface area contributed by atoms with E-state index in [1.165, 1.54) is 0 Å². The predicted molar refractivity (Wildman–Crippen MR) is 77.6 cm³/mol. The molecule has 4 rings (SSSR count). The molecule has 22 heavy (non-hydrogen) atoms. The van der Waals surface area contributed by atoms with E-state index in [0.29, 0.717) is 11.7 Å². The fourth-order valence-corrected chi connectivity index (χ4v) is 5.28. The Labute approximate surface area is 131 Å². The summed E-state index contributed by atoms with van der Waals surface area (Å²) in [5.41, 5.74) is -0.692. The van der Waals surface area contributed by atoms with Crippen LogP contribution in [0.3, 0.4) is 0 Å². The fraction of sp³-hybridized carbons (Fsp3) is 0.941. The van der Waals surface area contributed by atoms with Crippen molar-refractivity contribution in [1.82, 2.24) is 0 Å². The Hall–Kier alpha value is -0.490. The highest BCUT2D eigenvalue weighted by Crippen LogP contribution is 2.63. The summed E-state index contributed by atoms with van der Waals surface area (Å²) in [4.78, 5) is 24.6. The Balaban J connectivity index is 1.87. The third-order valence-corrected chi connectivity index (χ3v) is 6.31. The molecule has 4 aliphatic rings. The average molecular weight is 310 g/mol. The van der Waals surface area contributed by atoms with Crippen molar-refractivity contribution in [3.05, 3.63) is 0 Å². The number of hydrogen-bond acceptors (Lipinski definition) is 5. The van der Waals surface area contributed by atoms with Gasteiger partial charge in [-0.2, -0.15) is 9.78 Å². The van der Waals surface area contributed by atoms with Crippen LogP contribution in [0.5, 0.6) is 0 Å². The van der Waals surface area contributed by atoms with Gasteiger partial charge in [-0.25, -0.2) is 0 Å². The summed E-state index contributed by atoms with van der Waals surface area (Å²) in [6.45, 7) is 8.15. The van der Waals surface area contributed by atoms with Crippen molar-refractivity contribution in [1.29, 1.82) is 0 Å². The normalized spacial score (nSPS) is 56.8. The molecule has 7 atom stereocenters. The van der Waals surface area contributed by atoms with Crippen molar-refractivity contribution in [3.8, 4) is 0 Å². The maximum Gasteiger partial charge on any atom is 0.234 e. The number of ketones is 1. The molecule has 2 spiro atoms. The van der Waals surface area contributed by atoms with E-state index < -0.39 is 17.2 Å². The van der Waals surface area contributed by atoms with E-state index in [1.807, 2.05) is 13.8 Å². The summed E-state index contributed by atoms with van der Waals surface area (Å²) in [5.74, 6) is -1.45. The molecule has 124 valence electrons. The molecule has 4 bridgehead atoms. The van der Waals surface area contributed by atoms with Crippen LogP contribution in [0.4, 0.5) is 0 Å². The first-order chi connectivity index (χ1) is 10.4. The second kappa shape index (κ2) is 4.53. The molecular weight excluding hydrogens is 284 g/mol. The van der Waals surface area contributed by atoms with E-state index in [4.69, 9.17) is 19.2 Å². The lowest BCUT2D eigenvalue weighted by Crippen LogP contribution is -2.76. The number of carbonyl (C=O) groups is 1. The predicted octanol–water partition coefficient (Wildman–Crippen LogP) is 2.97. The fourth-order valence-electron chi connectivity index (χ4n) is 5.28. The number of ether oxygens (including phenoxy) is 2. The Bertz CT molecular complexity index is 507. The van der Waals surface area contributed by atoms with Gasteiger partial charge in [0, 0.05) is 12.3 Å². The van der Waals surface area contributed by atoms with Crippen molar-refractivity contribution in [3.63, 3.8) is 0 Å². The molecule has 0 amide bonds. The molecule has 5 nitrogen and oxygen atoms in total. The minimum absolute atomic E-state index is 0.178. The molecule has 1 aliphatic carbocycles. The SMILES string of the molecule is CC[C@@H]1C(=O)[C@H](CC)[C@]23CC(C)CC[C@]24OO[C@](C)(O4)[C@H]1O3. The highest BCUT2D eigenvalue weighted by molar-refractivity contribution is 5.86. The van der Waals surface area contributed by atoms with Gasteiger partial charge in [-0.15, -0.1) is 0 Å². The van der Waals surface area contributed by atoms with E-state index in [-0.39, 0.29) is 17.9 Å². The second-order valence-electron chi connectivity index (χ2n) is 7.69. The second-order valence-corrected chi connectivity index (χ2v) is 7.69. The minimum Gasteiger partial charge on any atom is -0.359 e. The number of carbonyl (C=O) groups excluding carboxylic acids is 1. The molecule has 1 saturated carbocycles. The molecule has 0 aromatic carbocycles. The third kappa shape index (κ3) is 1.56. The summed E-state index contributed by atoms with van der Waals surface area (Å²) in [6.07, 6.45) is 3.62. The Morgan fingerprint density at radius 1 is 1.23 bits per heavy atom. The molecule has 4 fully saturated rings. The zero-order chi connectivity index (χ0) is 15.8. The lowest BCUT2D eigenvalue weighted by Gasteiger charge is -2.61. The van der Waals surface area contributed by atoms with Crippen LogP contribution in [-0.2, 0) is 24.0 Å². The Morgan fingerprint density at radius 2 is 2.00 bits per heavy atom. The van der Waals surface area contributed by atoms with Crippen LogP contribution in [-0.4, -0.2) is 29.1 Å². The zero-order valence-electron chi connectivity index (χ0n) is 13.9. The van der Waals surface area contributed by atoms with Gasteiger partial charge in [0.25, 0.3) is 0 Å². The summed E-state index contributed by atoms with van der Waals surface area (Å²) >= 11 is 0. The molecule has 0 aromatic heterocycles. The molecule has 0 radical (unpaired) electrons. The monoisotopic (exact) mass is 310 g/mol. The topological polar surface area (TPSA) is 54.0 Å². The van der Waals surface area contributed by atoms with E-state index in [1.54, 1.807) is 0 Å². The van der Waals surface area contributed by atoms with E-state index in [0.717, 1.165) is 32.1 Å². The first-order valence-corrected chi connectivity index (χ1v) is 8.70. The summed E-state index contributed by atoms with van der Waals surface area (Å²) in [6, 6.07) is 0. The van der Waals surface area contributed by atoms with Crippen molar-refractivity contribution in [2.45, 2.75) is 83.1 Å². The maximum atomic E-state index is 13.2. The molecule has 0 N–H and O–H groups in total. The van der Waals surface area contributed by atoms with Crippen molar-refractivity contribution < 1.29 is 24.0 Å². The first kappa shape index (κ1) is 15.1. The number of rotatable bonds is 2. The highest BCUT2D eigenvalue weighted by Gasteiger charge is 2.78. The summed E-state index contributed by atoms with van der Waals surface area (Å²) in [7, 11) is 0. The van der Waals surface area contributed by atoms with Gasteiger partial charge in [0.2, 0.25) is 11.6 Å². The Morgan fingerprint density at radius 3 is 2.68 bits per heavy atom. The molecule has 3 heterocycles. The van der Waals surface area contributed by atoms with E-state index in [2.05, 4.69) is 13.8 Å². The number of hydrogen-bond donors (Lipinski definition) is 0. The Kier molecular flexibility index (Phi) is 3.10. The minimum atomic E-state index is -0.973. The summed E-state index contributed by atoms with van der Waals surface area (Å²) in [5, 5.41) is 0. The quantitative estimate of drug-likeness (QED) is 0.734. The van der Waals surface area contributed by atoms with Gasteiger partial charge in [-0.3, -0.25) is 4.79 Å². The van der Waals surface area contributed by atoms with Crippen LogP contribution in [0.2, 0.25) is 0 Å². The van der Waals surface area contributed by atoms with Crippen molar-refractivity contribution in [2.24, 2.45) is 17.8 Å². The van der Waals surface area contributed by atoms with Crippen LogP contribution in [0.15, 0.2) is 0 Å². The standard InChI is InChI=1S/C17H26O5/c1-5-11-13(18)12(6-2)16-9-10(3)7-8-17(16)20-15(4,21-22-17)14(11)19-16/h10-12,14H,5-9H2,1-4H3/t10?,11-,12+,14+,15+,16-,17+/m1/s1. The van der Waals surface area contributed by atoms with Crippen LogP contribution in [0, 0.1) is 17.8 Å². The van der Waals surface area contributed by atoms with Gasteiger partial charge in [-0.1, -0.05) is 20.8 Å². The van der Waals surface area contributed by atoms with Gasteiger partial charge >= 0.3 is 0 Å². The van der Waals surface area contributed by atoms with Crippen molar-refractivity contribution in [2.75, 3.05) is 0 Å². The van der Waals surface area contributed by atoms with Gasteiger partial charge in [-0.05, 0) is 38.5 Å². The van der Waals surface area contributed by atoms with Crippen LogP contribution in [0.1, 0.15) is 59.8 Å². The summed E-state index contributed by atoms with van der Waals surface area (Å²) < 4.78 is 13.0. The molecule has 0 aromatic rings. The van der Waals surface area contributed by atoms with Gasteiger partial charge < -0.3 is 9.47 Å². The zero-order valence-corrected chi connectivity index (χ0v) is 13.9. The molecule has 3 aliphatic heterocycles. The first-order valence-electron chi connectivity index (χ1n) is 8.70. The molecule has 5 heteroatoms. The maximum absolute atomic E-state index is 13.2. The van der Waals surface area contributed by atoms with Gasteiger partial charge in [0.15, 0.2) is 0 Å². The average Bonchev–Trinajstić information content (AvgIpc) is 2.80.